The van der Waals surface area contributed by atoms with Crippen molar-refractivity contribution in [2.24, 2.45) is 0 Å². The number of hydrogen-bond acceptors (Lipinski definition) is 3. The molecule has 0 aliphatic carbocycles. The zero-order valence-corrected chi connectivity index (χ0v) is 13.2. The van der Waals surface area contributed by atoms with Gasteiger partial charge in [0.2, 0.25) is 5.91 Å². The van der Waals surface area contributed by atoms with Gasteiger partial charge >= 0.3 is 0 Å². The van der Waals surface area contributed by atoms with Crippen molar-refractivity contribution in [3.63, 3.8) is 0 Å². The molecule has 0 heterocycles. The Morgan fingerprint density at radius 3 is 2.10 bits per heavy atom. The summed E-state index contributed by atoms with van der Waals surface area (Å²) < 4.78 is 11.5. The zero-order valence-electron chi connectivity index (χ0n) is 13.2. The summed E-state index contributed by atoms with van der Waals surface area (Å²) in [6, 6.07) is 0. The van der Waals surface area contributed by atoms with Crippen LogP contribution in [0.1, 0.15) is 58.8 Å². The molecule has 20 heavy (non-hydrogen) atoms. The molecule has 118 valence electrons. The fraction of sp³-hybridized carbons (Fsp3) is 0.812. The molecule has 0 atom stereocenters. The second-order valence-corrected chi connectivity index (χ2v) is 4.87. The smallest absolute Gasteiger partial charge is 0.243 e. The SMILES string of the molecule is C=CC(=O)NCCC(OCCCCC)OCCCCC. The van der Waals surface area contributed by atoms with Crippen LogP contribution in [0.5, 0.6) is 0 Å². The Morgan fingerprint density at radius 2 is 1.65 bits per heavy atom. The van der Waals surface area contributed by atoms with Gasteiger partial charge in [-0.3, -0.25) is 4.79 Å². The number of rotatable bonds is 14. The molecule has 0 saturated heterocycles. The van der Waals surface area contributed by atoms with E-state index in [0.29, 0.717) is 13.0 Å². The van der Waals surface area contributed by atoms with Crippen molar-refractivity contribution in [2.75, 3.05) is 19.8 Å². The molecule has 0 unspecified atom stereocenters. The third-order valence-corrected chi connectivity index (χ3v) is 2.97. The number of amides is 1. The number of carbonyl (C=O) groups excluding carboxylic acids is 1. The van der Waals surface area contributed by atoms with Crippen LogP contribution in [0.25, 0.3) is 0 Å². The van der Waals surface area contributed by atoms with Crippen LogP contribution in [0, 0.1) is 0 Å². The van der Waals surface area contributed by atoms with Crippen LogP contribution in [0.4, 0.5) is 0 Å². The molecule has 4 nitrogen and oxygen atoms in total. The first-order valence-corrected chi connectivity index (χ1v) is 7.88. The molecular weight excluding hydrogens is 254 g/mol. The summed E-state index contributed by atoms with van der Waals surface area (Å²) in [4.78, 5) is 11.1. The minimum Gasteiger partial charge on any atom is -0.353 e. The van der Waals surface area contributed by atoms with Gasteiger partial charge in [0.1, 0.15) is 0 Å². The molecular formula is C16H31NO3. The van der Waals surface area contributed by atoms with Crippen molar-refractivity contribution in [3.05, 3.63) is 12.7 Å². The lowest BCUT2D eigenvalue weighted by atomic mass is 10.2. The largest absolute Gasteiger partial charge is 0.353 e. The number of unbranched alkanes of at least 4 members (excludes halogenated alkanes) is 4. The molecule has 0 aromatic carbocycles. The Balaban J connectivity index is 3.84. The molecule has 0 saturated carbocycles. The summed E-state index contributed by atoms with van der Waals surface area (Å²) >= 11 is 0. The van der Waals surface area contributed by atoms with Crippen LogP contribution in [-0.4, -0.2) is 32.0 Å². The molecule has 0 bridgehead atoms. The second-order valence-electron chi connectivity index (χ2n) is 4.87. The van der Waals surface area contributed by atoms with Gasteiger partial charge in [0.05, 0.1) is 0 Å². The first-order chi connectivity index (χ1) is 9.74. The molecule has 4 heteroatoms. The summed E-state index contributed by atoms with van der Waals surface area (Å²) in [5, 5.41) is 2.75. The number of hydrogen-bond donors (Lipinski definition) is 1. The lowest BCUT2D eigenvalue weighted by Gasteiger charge is -2.18. The summed E-state index contributed by atoms with van der Waals surface area (Å²) in [6.45, 7) is 9.76. The van der Waals surface area contributed by atoms with E-state index in [4.69, 9.17) is 9.47 Å². The highest BCUT2D eigenvalue weighted by Crippen LogP contribution is 2.05. The maximum atomic E-state index is 11.1. The molecule has 0 fully saturated rings. The van der Waals surface area contributed by atoms with Gasteiger partial charge in [0.15, 0.2) is 6.29 Å². The monoisotopic (exact) mass is 285 g/mol. The van der Waals surface area contributed by atoms with Crippen molar-refractivity contribution >= 4 is 5.91 Å². The van der Waals surface area contributed by atoms with E-state index in [1.807, 2.05) is 0 Å². The van der Waals surface area contributed by atoms with E-state index in [9.17, 15) is 4.79 Å². The predicted molar refractivity (Wildman–Crippen MR) is 82.6 cm³/mol. The third-order valence-electron chi connectivity index (χ3n) is 2.97. The highest BCUT2D eigenvalue weighted by molar-refractivity contribution is 5.86. The van der Waals surface area contributed by atoms with E-state index in [1.54, 1.807) is 0 Å². The van der Waals surface area contributed by atoms with Gasteiger partial charge in [0, 0.05) is 26.2 Å². The Bertz CT molecular complexity index is 232. The first kappa shape index (κ1) is 19.1. The highest BCUT2D eigenvalue weighted by Gasteiger charge is 2.09. The molecule has 0 rings (SSSR count). The van der Waals surface area contributed by atoms with Crippen LogP contribution in [0.2, 0.25) is 0 Å². The number of ether oxygens (including phenoxy) is 2. The van der Waals surface area contributed by atoms with Gasteiger partial charge in [0.25, 0.3) is 0 Å². The van der Waals surface area contributed by atoms with E-state index in [-0.39, 0.29) is 12.2 Å². The lowest BCUT2D eigenvalue weighted by molar-refractivity contribution is -0.147. The van der Waals surface area contributed by atoms with E-state index < -0.39 is 0 Å². The van der Waals surface area contributed by atoms with Crippen molar-refractivity contribution in [2.45, 2.75) is 65.1 Å². The molecule has 0 aromatic heterocycles. The molecule has 1 amide bonds. The maximum Gasteiger partial charge on any atom is 0.243 e. The van der Waals surface area contributed by atoms with E-state index in [1.165, 1.54) is 31.8 Å². The average molecular weight is 285 g/mol. The molecule has 0 aromatic rings. The number of nitrogens with one attached hydrogen (secondary N) is 1. The molecule has 0 aliphatic heterocycles. The second kappa shape index (κ2) is 14.5. The van der Waals surface area contributed by atoms with Gasteiger partial charge in [-0.2, -0.15) is 0 Å². The summed E-state index contributed by atoms with van der Waals surface area (Å²) in [5.74, 6) is -0.152. The van der Waals surface area contributed by atoms with Crippen LogP contribution in [-0.2, 0) is 14.3 Å². The minimum absolute atomic E-state index is 0.152. The van der Waals surface area contributed by atoms with E-state index in [2.05, 4.69) is 25.7 Å². The van der Waals surface area contributed by atoms with Crippen molar-refractivity contribution in [1.82, 2.24) is 5.32 Å². The predicted octanol–water partition coefficient (Wildman–Crippen LogP) is 3.42. The minimum atomic E-state index is -0.214. The summed E-state index contributed by atoms with van der Waals surface area (Å²) in [7, 11) is 0. The fourth-order valence-corrected chi connectivity index (χ4v) is 1.73. The van der Waals surface area contributed by atoms with Crippen LogP contribution in [0.3, 0.4) is 0 Å². The van der Waals surface area contributed by atoms with Gasteiger partial charge < -0.3 is 14.8 Å². The Kier molecular flexibility index (Phi) is 13.9. The quantitative estimate of drug-likeness (QED) is 0.302. The number of carbonyl (C=O) groups is 1. The lowest BCUT2D eigenvalue weighted by Crippen LogP contribution is -2.28. The first-order valence-electron chi connectivity index (χ1n) is 7.88. The van der Waals surface area contributed by atoms with Gasteiger partial charge in [-0.05, 0) is 18.9 Å². The maximum absolute atomic E-state index is 11.1. The topological polar surface area (TPSA) is 47.6 Å². The summed E-state index contributed by atoms with van der Waals surface area (Å²) in [6.07, 6.45) is 8.58. The fourth-order valence-electron chi connectivity index (χ4n) is 1.73. The zero-order chi connectivity index (χ0) is 15.1. The van der Waals surface area contributed by atoms with Crippen molar-refractivity contribution in [3.8, 4) is 0 Å². The standard InChI is InChI=1S/C16H31NO3/c1-4-7-9-13-19-16(20-14-10-8-5-2)11-12-17-15(18)6-3/h6,16H,3-5,7-14H2,1-2H3,(H,17,18). The average Bonchev–Trinajstić information content (AvgIpc) is 2.47. The molecule has 0 spiro atoms. The van der Waals surface area contributed by atoms with Crippen LogP contribution < -0.4 is 5.32 Å². The van der Waals surface area contributed by atoms with Crippen LogP contribution in [0.15, 0.2) is 12.7 Å². The Morgan fingerprint density at radius 1 is 1.10 bits per heavy atom. The molecule has 0 aliphatic rings. The molecule has 1 N–H and O–H groups in total. The van der Waals surface area contributed by atoms with Crippen molar-refractivity contribution < 1.29 is 14.3 Å². The molecule has 0 radical (unpaired) electrons. The van der Waals surface area contributed by atoms with E-state index in [0.717, 1.165) is 26.1 Å². The summed E-state index contributed by atoms with van der Waals surface area (Å²) in [5.41, 5.74) is 0. The Hall–Kier alpha value is -0.870. The van der Waals surface area contributed by atoms with Crippen LogP contribution >= 0.6 is 0 Å². The normalized spacial score (nSPS) is 10.8. The van der Waals surface area contributed by atoms with Crippen molar-refractivity contribution in [1.29, 1.82) is 0 Å². The highest BCUT2D eigenvalue weighted by atomic mass is 16.7. The van der Waals surface area contributed by atoms with Gasteiger partial charge in [-0.15, -0.1) is 0 Å². The van der Waals surface area contributed by atoms with E-state index >= 15 is 0 Å². The van der Waals surface area contributed by atoms with Gasteiger partial charge in [-0.25, -0.2) is 0 Å². The Labute approximate surface area is 123 Å². The van der Waals surface area contributed by atoms with Gasteiger partial charge in [-0.1, -0.05) is 46.1 Å². The third kappa shape index (κ3) is 12.2.